The number of thioether (sulfide) groups is 1. The molecule has 5 rings (SSSR count). The predicted molar refractivity (Wildman–Crippen MR) is 137 cm³/mol. The minimum Gasteiger partial charge on any atom is -0.491 e. The zero-order valence-corrected chi connectivity index (χ0v) is 21.6. The summed E-state index contributed by atoms with van der Waals surface area (Å²) in [5.74, 6) is 2.32. The molecule has 0 amide bonds. The highest BCUT2D eigenvalue weighted by Crippen LogP contribution is 2.44. The van der Waals surface area contributed by atoms with E-state index in [1.165, 1.54) is 5.56 Å². The first-order valence-corrected chi connectivity index (χ1v) is 13.6. The van der Waals surface area contributed by atoms with Gasteiger partial charge in [0, 0.05) is 30.2 Å². The number of benzene rings is 1. The lowest BCUT2D eigenvalue weighted by Gasteiger charge is -2.17. The molecule has 6 unspecified atom stereocenters. The fraction of sp³-hybridized carbons (Fsp3) is 0.600. The molecule has 2 heterocycles. The molecule has 0 radical (unpaired) electrons. The summed E-state index contributed by atoms with van der Waals surface area (Å²) in [4.78, 5) is 9.46. The molecular formula is C25H34N6O4S. The second-order valence-corrected chi connectivity index (χ2v) is 11.0. The summed E-state index contributed by atoms with van der Waals surface area (Å²) in [6.45, 7) is 5.93. The number of nitrogens with zero attached hydrogens (tertiary/aromatic N) is 5. The minimum atomic E-state index is -1.05. The van der Waals surface area contributed by atoms with Crippen LogP contribution in [-0.4, -0.2) is 77.0 Å². The third kappa shape index (κ3) is 5.02. The van der Waals surface area contributed by atoms with Crippen LogP contribution in [0.15, 0.2) is 29.4 Å². The average molecular weight is 515 g/mol. The van der Waals surface area contributed by atoms with Crippen LogP contribution in [0.1, 0.15) is 57.6 Å². The van der Waals surface area contributed by atoms with Gasteiger partial charge in [-0.25, -0.2) is 14.6 Å². The lowest BCUT2D eigenvalue weighted by molar-refractivity contribution is -0.00512. The molecule has 6 atom stereocenters. The van der Waals surface area contributed by atoms with Crippen LogP contribution < -0.4 is 10.1 Å². The zero-order chi connectivity index (χ0) is 25.4. The maximum atomic E-state index is 10.6. The maximum absolute atomic E-state index is 10.6. The van der Waals surface area contributed by atoms with Crippen LogP contribution >= 0.6 is 11.8 Å². The Bertz CT molecular complexity index is 1190. The van der Waals surface area contributed by atoms with Gasteiger partial charge in [0.1, 0.15) is 11.9 Å². The van der Waals surface area contributed by atoms with E-state index in [0.29, 0.717) is 34.5 Å². The highest BCUT2D eigenvalue weighted by molar-refractivity contribution is 7.99. The standard InChI is InChI=1S/C25H34N6O4S/c1-4-9-36-25-27-23(26-18-11-17(18)14-5-7-16(8-6-14)35-13(2)3)20-24(28-25)31(30-29-20)19-10-15(12-32)21(33)22(19)34/h5-8,13,15,17-19,21-22,32-34H,4,9-12H2,1-3H3,(H,26,27,28). The van der Waals surface area contributed by atoms with Crippen molar-refractivity contribution in [2.75, 3.05) is 17.7 Å². The van der Waals surface area contributed by atoms with Crippen molar-refractivity contribution in [2.45, 2.75) is 81.5 Å². The Labute approximate surface area is 214 Å². The Morgan fingerprint density at radius 1 is 1.14 bits per heavy atom. The van der Waals surface area contributed by atoms with Crippen molar-refractivity contribution in [2.24, 2.45) is 5.92 Å². The highest BCUT2D eigenvalue weighted by Gasteiger charge is 2.44. The van der Waals surface area contributed by atoms with E-state index < -0.39 is 24.2 Å². The quantitative estimate of drug-likeness (QED) is 0.236. The van der Waals surface area contributed by atoms with E-state index in [2.05, 4.69) is 34.7 Å². The maximum Gasteiger partial charge on any atom is 0.191 e. The number of hydrogen-bond acceptors (Lipinski definition) is 10. The van der Waals surface area contributed by atoms with Crippen LogP contribution in [0, 0.1) is 5.92 Å². The van der Waals surface area contributed by atoms with Crippen LogP contribution in [0.5, 0.6) is 5.75 Å². The highest BCUT2D eigenvalue weighted by atomic mass is 32.2. The summed E-state index contributed by atoms with van der Waals surface area (Å²) >= 11 is 1.56. The van der Waals surface area contributed by atoms with Gasteiger partial charge in [0.05, 0.1) is 18.2 Å². The van der Waals surface area contributed by atoms with Crippen LogP contribution in [0.2, 0.25) is 0 Å². The van der Waals surface area contributed by atoms with E-state index in [-0.39, 0.29) is 18.8 Å². The van der Waals surface area contributed by atoms with Gasteiger partial charge in [-0.05, 0) is 50.8 Å². The number of fused-ring (bicyclic) bond motifs is 1. The van der Waals surface area contributed by atoms with Crippen LogP contribution in [-0.2, 0) is 0 Å². The molecule has 0 spiro atoms. The van der Waals surface area contributed by atoms with Gasteiger partial charge in [-0.15, -0.1) is 5.10 Å². The number of nitrogens with one attached hydrogen (secondary N) is 1. The van der Waals surface area contributed by atoms with Gasteiger partial charge in [0.15, 0.2) is 22.1 Å². The summed E-state index contributed by atoms with van der Waals surface area (Å²) in [6, 6.07) is 7.95. The summed E-state index contributed by atoms with van der Waals surface area (Å²) in [5, 5.41) is 43.4. The Kier molecular flexibility index (Phi) is 7.34. The van der Waals surface area contributed by atoms with Crippen LogP contribution in [0.3, 0.4) is 0 Å². The number of aliphatic hydroxyl groups is 3. The molecular weight excluding hydrogens is 480 g/mol. The largest absolute Gasteiger partial charge is 0.491 e. The SMILES string of the molecule is CCCSc1nc(NC2CC2c2ccc(OC(C)C)cc2)c2nnn(C3CC(CO)C(O)C3O)c2n1. The Balaban J connectivity index is 1.39. The second kappa shape index (κ2) is 10.5. The Morgan fingerprint density at radius 2 is 1.92 bits per heavy atom. The second-order valence-electron chi connectivity index (χ2n) is 9.97. The Hall–Kier alpha value is -2.47. The first kappa shape index (κ1) is 25.2. The van der Waals surface area contributed by atoms with E-state index in [9.17, 15) is 15.3 Å². The summed E-state index contributed by atoms with van der Waals surface area (Å²) in [5.41, 5.74) is 2.31. The minimum absolute atomic E-state index is 0.141. The molecule has 36 heavy (non-hydrogen) atoms. The van der Waals surface area contributed by atoms with Gasteiger partial charge in [-0.1, -0.05) is 36.0 Å². The molecule has 2 aliphatic rings. The molecule has 0 saturated heterocycles. The third-order valence-electron chi connectivity index (χ3n) is 6.85. The van der Waals surface area contributed by atoms with Crippen molar-refractivity contribution in [1.29, 1.82) is 0 Å². The molecule has 2 aromatic heterocycles. The molecule has 2 aliphatic carbocycles. The van der Waals surface area contributed by atoms with Crippen molar-refractivity contribution >= 4 is 28.7 Å². The van der Waals surface area contributed by atoms with Gasteiger partial charge in [-0.2, -0.15) is 0 Å². The molecule has 0 aliphatic heterocycles. The van der Waals surface area contributed by atoms with E-state index in [1.807, 2.05) is 26.0 Å². The summed E-state index contributed by atoms with van der Waals surface area (Å²) in [7, 11) is 0. The molecule has 2 saturated carbocycles. The van der Waals surface area contributed by atoms with Crippen molar-refractivity contribution in [3.63, 3.8) is 0 Å². The van der Waals surface area contributed by atoms with Crippen molar-refractivity contribution in [3.05, 3.63) is 29.8 Å². The predicted octanol–water partition coefficient (Wildman–Crippen LogP) is 2.75. The number of anilines is 1. The van der Waals surface area contributed by atoms with Gasteiger partial charge < -0.3 is 25.4 Å². The number of ether oxygens (including phenoxy) is 1. The van der Waals surface area contributed by atoms with Crippen LogP contribution in [0.4, 0.5) is 5.82 Å². The molecule has 2 fully saturated rings. The monoisotopic (exact) mass is 514 g/mol. The number of aliphatic hydroxyl groups excluding tert-OH is 3. The number of rotatable bonds is 10. The van der Waals surface area contributed by atoms with E-state index >= 15 is 0 Å². The third-order valence-corrected chi connectivity index (χ3v) is 7.90. The van der Waals surface area contributed by atoms with Gasteiger partial charge >= 0.3 is 0 Å². The summed E-state index contributed by atoms with van der Waals surface area (Å²) < 4.78 is 7.34. The lowest BCUT2D eigenvalue weighted by Crippen LogP contribution is -2.30. The smallest absolute Gasteiger partial charge is 0.191 e. The normalized spacial score (nSPS) is 27.6. The molecule has 194 valence electrons. The molecule has 4 N–H and O–H groups in total. The van der Waals surface area contributed by atoms with Crippen LogP contribution in [0.25, 0.3) is 11.2 Å². The average Bonchev–Trinajstić information content (AvgIpc) is 3.40. The molecule has 10 nitrogen and oxygen atoms in total. The van der Waals surface area contributed by atoms with Crippen molar-refractivity contribution in [1.82, 2.24) is 25.0 Å². The van der Waals surface area contributed by atoms with Gasteiger partial charge in [-0.3, -0.25) is 0 Å². The molecule has 11 heteroatoms. The fourth-order valence-electron chi connectivity index (χ4n) is 4.88. The van der Waals surface area contributed by atoms with Crippen molar-refractivity contribution < 1.29 is 20.1 Å². The van der Waals surface area contributed by atoms with Crippen molar-refractivity contribution in [3.8, 4) is 5.75 Å². The topological polar surface area (TPSA) is 138 Å². The van der Waals surface area contributed by atoms with E-state index in [4.69, 9.17) is 14.7 Å². The van der Waals surface area contributed by atoms with Gasteiger partial charge in [0.25, 0.3) is 0 Å². The lowest BCUT2D eigenvalue weighted by atomic mass is 10.1. The number of aromatic nitrogens is 5. The van der Waals surface area contributed by atoms with Gasteiger partial charge in [0.2, 0.25) is 0 Å². The summed E-state index contributed by atoms with van der Waals surface area (Å²) in [6.07, 6.45) is 0.426. The van der Waals surface area contributed by atoms with E-state index in [0.717, 1.165) is 24.3 Å². The molecule has 0 bridgehead atoms. The zero-order valence-electron chi connectivity index (χ0n) is 20.8. The molecule has 1 aromatic carbocycles. The number of hydrogen-bond donors (Lipinski definition) is 4. The first-order chi connectivity index (χ1) is 17.4. The Morgan fingerprint density at radius 3 is 2.58 bits per heavy atom. The first-order valence-electron chi connectivity index (χ1n) is 12.7. The molecule has 3 aromatic rings. The fourth-order valence-corrected chi connectivity index (χ4v) is 5.57. The van der Waals surface area contributed by atoms with E-state index in [1.54, 1.807) is 16.4 Å².